The summed E-state index contributed by atoms with van der Waals surface area (Å²) in [5, 5.41) is 7.60. The van der Waals surface area contributed by atoms with Gasteiger partial charge in [0.2, 0.25) is 0 Å². The topological polar surface area (TPSA) is 57.9 Å². The van der Waals surface area contributed by atoms with Crippen LogP contribution in [0.4, 0.5) is 13.2 Å². The van der Waals surface area contributed by atoms with Gasteiger partial charge in [-0.1, -0.05) is 0 Å². The van der Waals surface area contributed by atoms with Gasteiger partial charge in [-0.05, 0) is 45.2 Å². The first-order valence-corrected chi connectivity index (χ1v) is 10.8. The molecule has 10 heteroatoms. The van der Waals surface area contributed by atoms with E-state index >= 15 is 0 Å². The van der Waals surface area contributed by atoms with Crippen LogP contribution in [-0.2, 0) is 11.8 Å². The summed E-state index contributed by atoms with van der Waals surface area (Å²) in [6.45, 7) is 5.87. The van der Waals surface area contributed by atoms with Crippen LogP contribution in [0.25, 0.3) is 0 Å². The zero-order valence-electron chi connectivity index (χ0n) is 17.9. The smallest absolute Gasteiger partial charge is 0.370 e. The van der Waals surface area contributed by atoms with Crippen molar-refractivity contribution in [2.45, 2.75) is 38.5 Å². The summed E-state index contributed by atoms with van der Waals surface area (Å²) < 4.78 is 45.3. The maximum Gasteiger partial charge on any atom is 0.401 e. The van der Waals surface area contributed by atoms with Crippen molar-refractivity contribution >= 4 is 5.96 Å². The lowest BCUT2D eigenvalue weighted by molar-refractivity contribution is -0.148. The highest BCUT2D eigenvalue weighted by molar-refractivity contribution is 5.80. The van der Waals surface area contributed by atoms with Crippen LogP contribution in [0.2, 0.25) is 0 Å². The lowest BCUT2D eigenvalue weighted by Gasteiger charge is -2.35. The molecule has 7 nitrogen and oxygen atoms in total. The summed E-state index contributed by atoms with van der Waals surface area (Å²) in [4.78, 5) is 8.53. The molecular formula is C20H33F3N6O. The molecule has 1 atom stereocenters. The van der Waals surface area contributed by atoms with E-state index < -0.39 is 12.7 Å². The lowest BCUT2D eigenvalue weighted by atomic mass is 9.93. The second-order valence-corrected chi connectivity index (χ2v) is 8.11. The fourth-order valence-corrected chi connectivity index (χ4v) is 4.12. The number of likely N-dealkylation sites (tertiary alicyclic amines) is 1. The van der Waals surface area contributed by atoms with Crippen molar-refractivity contribution in [2.24, 2.45) is 18.0 Å². The molecule has 0 bridgehead atoms. The molecule has 2 saturated heterocycles. The van der Waals surface area contributed by atoms with E-state index in [4.69, 9.17) is 9.73 Å². The van der Waals surface area contributed by atoms with Crippen molar-refractivity contribution < 1.29 is 17.9 Å². The molecule has 0 saturated carbocycles. The maximum atomic E-state index is 12.5. The Kier molecular flexibility index (Phi) is 7.99. The van der Waals surface area contributed by atoms with E-state index in [2.05, 4.69) is 15.3 Å². The molecule has 170 valence electrons. The average Bonchev–Trinajstić information content (AvgIpc) is 3.14. The Morgan fingerprint density at radius 2 is 2.07 bits per heavy atom. The highest BCUT2D eigenvalue weighted by Crippen LogP contribution is 2.25. The molecule has 30 heavy (non-hydrogen) atoms. The van der Waals surface area contributed by atoms with Crippen LogP contribution < -0.4 is 5.32 Å². The van der Waals surface area contributed by atoms with E-state index in [9.17, 15) is 13.2 Å². The molecule has 3 rings (SSSR count). The summed E-state index contributed by atoms with van der Waals surface area (Å²) in [6, 6.07) is 0. The van der Waals surface area contributed by atoms with Crippen molar-refractivity contribution in [2.75, 3.05) is 52.4 Å². The number of halogens is 3. The van der Waals surface area contributed by atoms with E-state index in [1.807, 2.05) is 26.4 Å². The number of ether oxygens (including phenoxy) is 1. The molecule has 0 aromatic carbocycles. The number of piperidine rings is 1. The third-order valence-corrected chi connectivity index (χ3v) is 5.71. The Morgan fingerprint density at radius 1 is 1.30 bits per heavy atom. The second kappa shape index (κ2) is 10.5. The number of aromatic nitrogens is 2. The van der Waals surface area contributed by atoms with Gasteiger partial charge in [0.05, 0.1) is 25.9 Å². The Hall–Kier alpha value is -1.81. The second-order valence-electron chi connectivity index (χ2n) is 8.11. The molecule has 2 aliphatic heterocycles. The molecule has 0 aliphatic carbocycles. The number of aliphatic imine (C=N–C) groups is 1. The first kappa shape index (κ1) is 22.9. The van der Waals surface area contributed by atoms with Crippen LogP contribution in [0, 0.1) is 5.92 Å². The highest BCUT2D eigenvalue weighted by Gasteiger charge is 2.32. The molecule has 1 N–H and O–H groups in total. The predicted octanol–water partition coefficient (Wildman–Crippen LogP) is 2.42. The largest absolute Gasteiger partial charge is 0.401 e. The molecule has 1 aromatic rings. The van der Waals surface area contributed by atoms with E-state index in [0.717, 1.165) is 43.9 Å². The van der Waals surface area contributed by atoms with Gasteiger partial charge in [0, 0.05) is 38.4 Å². The Bertz CT molecular complexity index is 684. The fraction of sp³-hybridized carbons (Fsp3) is 0.800. The molecule has 1 unspecified atom stereocenters. The van der Waals surface area contributed by atoms with Crippen LogP contribution in [-0.4, -0.2) is 84.1 Å². The fourth-order valence-electron chi connectivity index (χ4n) is 4.12. The zero-order valence-corrected chi connectivity index (χ0v) is 17.9. The third kappa shape index (κ3) is 6.87. The number of guanidine groups is 1. The van der Waals surface area contributed by atoms with Crippen molar-refractivity contribution in [1.82, 2.24) is 24.9 Å². The number of rotatable bonds is 6. The number of alkyl halides is 3. The van der Waals surface area contributed by atoms with Gasteiger partial charge in [-0.15, -0.1) is 0 Å². The zero-order chi connectivity index (χ0) is 21.6. The molecule has 2 aliphatic rings. The monoisotopic (exact) mass is 430 g/mol. The van der Waals surface area contributed by atoms with Crippen LogP contribution >= 0.6 is 0 Å². The van der Waals surface area contributed by atoms with Crippen molar-refractivity contribution in [3.8, 4) is 0 Å². The number of hydrogen-bond donors (Lipinski definition) is 1. The molecule has 0 spiro atoms. The normalized spacial score (nSPS) is 22.5. The summed E-state index contributed by atoms with van der Waals surface area (Å²) in [5.41, 5.74) is 1.06. The van der Waals surface area contributed by atoms with E-state index in [1.54, 1.807) is 4.68 Å². The lowest BCUT2D eigenvalue weighted by Crippen LogP contribution is -2.48. The summed E-state index contributed by atoms with van der Waals surface area (Å²) in [7, 11) is 1.89. The molecule has 1 aromatic heterocycles. The standard InChI is InChI=1S/C20H33F3N6O/c1-3-24-19(29-10-11-30-18(14-29)17-12-26-27(2)13-17)25-7-4-16-5-8-28(9-6-16)15-20(21,22)23/h12-13,16,18H,3-11,14-15H2,1-2H3,(H,24,25). The van der Waals surface area contributed by atoms with Gasteiger partial charge in [-0.25, -0.2) is 0 Å². The van der Waals surface area contributed by atoms with Crippen molar-refractivity contribution in [3.63, 3.8) is 0 Å². The molecular weight excluding hydrogens is 397 g/mol. The minimum Gasteiger partial charge on any atom is -0.370 e. The first-order chi connectivity index (χ1) is 14.3. The summed E-state index contributed by atoms with van der Waals surface area (Å²) in [6.07, 6.45) is 2.20. The average molecular weight is 431 g/mol. The molecule has 0 radical (unpaired) electrons. The first-order valence-electron chi connectivity index (χ1n) is 10.8. The van der Waals surface area contributed by atoms with Crippen LogP contribution in [0.15, 0.2) is 17.4 Å². The number of morpholine rings is 1. The van der Waals surface area contributed by atoms with Crippen LogP contribution in [0.3, 0.4) is 0 Å². The minimum absolute atomic E-state index is 0.0331. The van der Waals surface area contributed by atoms with Gasteiger partial charge in [-0.2, -0.15) is 18.3 Å². The van der Waals surface area contributed by atoms with Gasteiger partial charge in [0.15, 0.2) is 5.96 Å². The summed E-state index contributed by atoms with van der Waals surface area (Å²) in [5.74, 6) is 1.32. The van der Waals surface area contributed by atoms with Gasteiger partial charge < -0.3 is 15.0 Å². The maximum absolute atomic E-state index is 12.5. The third-order valence-electron chi connectivity index (χ3n) is 5.71. The van der Waals surface area contributed by atoms with Gasteiger partial charge in [-0.3, -0.25) is 14.6 Å². The van der Waals surface area contributed by atoms with Gasteiger partial charge in [0.25, 0.3) is 0 Å². The SMILES string of the molecule is CCNC(=NCCC1CCN(CC(F)(F)F)CC1)N1CCOC(c2cnn(C)c2)C1. The van der Waals surface area contributed by atoms with Gasteiger partial charge >= 0.3 is 6.18 Å². The number of aryl methyl sites for hydroxylation is 1. The van der Waals surface area contributed by atoms with Crippen molar-refractivity contribution in [1.29, 1.82) is 0 Å². The summed E-state index contributed by atoms with van der Waals surface area (Å²) >= 11 is 0. The Morgan fingerprint density at radius 3 is 2.70 bits per heavy atom. The highest BCUT2D eigenvalue weighted by atomic mass is 19.4. The molecule has 2 fully saturated rings. The minimum atomic E-state index is -4.11. The number of nitrogens with zero attached hydrogens (tertiary/aromatic N) is 5. The predicted molar refractivity (Wildman–Crippen MR) is 109 cm³/mol. The quantitative estimate of drug-likeness (QED) is 0.555. The molecule has 0 amide bonds. The van der Waals surface area contributed by atoms with E-state index in [0.29, 0.717) is 38.7 Å². The van der Waals surface area contributed by atoms with E-state index in [-0.39, 0.29) is 6.10 Å². The van der Waals surface area contributed by atoms with Gasteiger partial charge in [0.1, 0.15) is 6.10 Å². The number of nitrogens with one attached hydrogen (secondary N) is 1. The van der Waals surface area contributed by atoms with E-state index in [1.165, 1.54) is 4.90 Å². The number of hydrogen-bond acceptors (Lipinski definition) is 4. The molecule has 3 heterocycles. The Labute approximate surface area is 176 Å². The Balaban J connectivity index is 1.48. The van der Waals surface area contributed by atoms with Crippen LogP contribution in [0.5, 0.6) is 0 Å². The van der Waals surface area contributed by atoms with Crippen LogP contribution in [0.1, 0.15) is 37.9 Å². The van der Waals surface area contributed by atoms with Crippen molar-refractivity contribution in [3.05, 3.63) is 18.0 Å².